The van der Waals surface area contributed by atoms with E-state index in [0.29, 0.717) is 5.92 Å². The Balaban J connectivity index is 1.81. The van der Waals surface area contributed by atoms with Crippen LogP contribution < -0.4 is 15.5 Å². The summed E-state index contributed by atoms with van der Waals surface area (Å²) < 4.78 is 0. The van der Waals surface area contributed by atoms with Crippen molar-refractivity contribution in [2.75, 3.05) is 48.3 Å². The molecule has 7 nitrogen and oxygen atoms in total. The van der Waals surface area contributed by atoms with E-state index >= 15 is 0 Å². The van der Waals surface area contributed by atoms with Crippen LogP contribution in [0.25, 0.3) is 0 Å². The van der Waals surface area contributed by atoms with Gasteiger partial charge in [-0.25, -0.2) is 9.97 Å². The first-order chi connectivity index (χ1) is 12.0. The van der Waals surface area contributed by atoms with Crippen molar-refractivity contribution in [3.63, 3.8) is 0 Å². The van der Waals surface area contributed by atoms with Gasteiger partial charge in [-0.05, 0) is 32.2 Å². The van der Waals surface area contributed by atoms with Crippen molar-refractivity contribution in [1.82, 2.24) is 14.9 Å². The number of anilines is 3. The molecule has 1 fully saturated rings. The van der Waals surface area contributed by atoms with Crippen molar-refractivity contribution in [2.24, 2.45) is 5.92 Å². The quantitative estimate of drug-likeness (QED) is 0.850. The minimum absolute atomic E-state index is 0.0134. The Morgan fingerprint density at radius 2 is 1.92 bits per heavy atom. The van der Waals surface area contributed by atoms with Crippen molar-refractivity contribution < 1.29 is 4.79 Å². The number of fused-ring (bicyclic) bond motifs is 1. The number of rotatable bonds is 5. The number of piperazine rings is 1. The van der Waals surface area contributed by atoms with Crippen LogP contribution in [0.1, 0.15) is 39.4 Å². The molecule has 1 unspecified atom stereocenters. The van der Waals surface area contributed by atoms with Crippen molar-refractivity contribution in [1.29, 1.82) is 0 Å². The van der Waals surface area contributed by atoms with Gasteiger partial charge in [0.2, 0.25) is 5.91 Å². The van der Waals surface area contributed by atoms with E-state index in [4.69, 9.17) is 0 Å². The first-order valence-electron chi connectivity index (χ1n) is 9.41. The number of nitrogens with zero attached hydrogens (tertiary/aromatic N) is 4. The lowest BCUT2D eigenvalue weighted by Crippen LogP contribution is -2.48. The molecule has 0 radical (unpaired) electrons. The molecule has 1 atom stereocenters. The Bertz CT molecular complexity index is 624. The molecule has 1 amide bonds. The smallest absolute Gasteiger partial charge is 0.247 e. The summed E-state index contributed by atoms with van der Waals surface area (Å²) in [5.74, 6) is 2.79. The molecule has 138 valence electrons. The van der Waals surface area contributed by atoms with Crippen LogP contribution in [-0.2, 0) is 4.79 Å². The maximum Gasteiger partial charge on any atom is 0.247 e. The zero-order chi connectivity index (χ0) is 18.0. The fourth-order valence-electron chi connectivity index (χ4n) is 3.58. The zero-order valence-corrected chi connectivity index (χ0v) is 15.8. The van der Waals surface area contributed by atoms with Gasteiger partial charge < -0.3 is 15.5 Å². The third-order valence-electron chi connectivity index (χ3n) is 4.80. The molecule has 2 N–H and O–H groups in total. The second kappa shape index (κ2) is 7.56. The van der Waals surface area contributed by atoms with Gasteiger partial charge in [-0.1, -0.05) is 20.8 Å². The topological polar surface area (TPSA) is 73.4 Å². The Labute approximate surface area is 150 Å². The van der Waals surface area contributed by atoms with E-state index in [1.165, 1.54) is 6.42 Å². The van der Waals surface area contributed by atoms with Crippen LogP contribution in [0, 0.1) is 12.8 Å². The summed E-state index contributed by atoms with van der Waals surface area (Å²) >= 11 is 0. The third-order valence-corrected chi connectivity index (χ3v) is 4.80. The molecule has 0 bridgehead atoms. The second-order valence-electron chi connectivity index (χ2n) is 7.46. The molecule has 0 aliphatic carbocycles. The highest BCUT2D eigenvalue weighted by atomic mass is 16.2. The molecule has 7 heteroatoms. The van der Waals surface area contributed by atoms with E-state index in [1.54, 1.807) is 0 Å². The summed E-state index contributed by atoms with van der Waals surface area (Å²) in [5, 5.41) is 6.39. The number of hydrogen-bond acceptors (Lipinski definition) is 6. The lowest BCUT2D eigenvalue weighted by atomic mass is 10.0. The first kappa shape index (κ1) is 17.9. The molecular weight excluding hydrogens is 316 g/mol. The van der Waals surface area contributed by atoms with Gasteiger partial charge in [0.15, 0.2) is 11.6 Å². The van der Waals surface area contributed by atoms with Gasteiger partial charge in [-0.2, -0.15) is 0 Å². The molecule has 2 aliphatic rings. The summed E-state index contributed by atoms with van der Waals surface area (Å²) in [6.45, 7) is 13.4. The average molecular weight is 346 g/mol. The van der Waals surface area contributed by atoms with E-state index in [9.17, 15) is 4.79 Å². The lowest BCUT2D eigenvalue weighted by molar-refractivity contribution is -0.117. The molecule has 0 aromatic carbocycles. The van der Waals surface area contributed by atoms with E-state index in [0.717, 1.165) is 62.3 Å². The van der Waals surface area contributed by atoms with Crippen molar-refractivity contribution >= 4 is 23.2 Å². The van der Waals surface area contributed by atoms with Crippen LogP contribution >= 0.6 is 0 Å². The lowest BCUT2D eigenvalue weighted by Gasteiger charge is -2.37. The maximum atomic E-state index is 12.5. The van der Waals surface area contributed by atoms with Crippen LogP contribution in [0.2, 0.25) is 0 Å². The molecule has 1 aromatic heterocycles. The predicted octanol–water partition coefficient (Wildman–Crippen LogP) is 2.10. The number of hydrogen-bond donors (Lipinski definition) is 2. The van der Waals surface area contributed by atoms with Crippen LogP contribution in [0.5, 0.6) is 0 Å². The molecule has 3 heterocycles. The van der Waals surface area contributed by atoms with Gasteiger partial charge in [-0.3, -0.25) is 9.69 Å². The van der Waals surface area contributed by atoms with E-state index in [-0.39, 0.29) is 11.9 Å². The Hall–Kier alpha value is -1.89. The molecule has 0 spiro atoms. The third kappa shape index (κ3) is 4.03. The monoisotopic (exact) mass is 346 g/mol. The van der Waals surface area contributed by atoms with Crippen molar-refractivity contribution in [3.05, 3.63) is 5.82 Å². The molecule has 3 rings (SSSR count). The normalized spacial score (nSPS) is 21.1. The molecule has 1 saturated heterocycles. The summed E-state index contributed by atoms with van der Waals surface area (Å²) in [6.07, 6.45) is 1.97. The van der Waals surface area contributed by atoms with Crippen molar-refractivity contribution in [3.8, 4) is 0 Å². The minimum atomic E-state index is -0.226. The Kier molecular flexibility index (Phi) is 5.42. The summed E-state index contributed by atoms with van der Waals surface area (Å²) in [5.41, 5.74) is 0.736. The predicted molar refractivity (Wildman–Crippen MR) is 101 cm³/mol. The van der Waals surface area contributed by atoms with Gasteiger partial charge in [-0.15, -0.1) is 0 Å². The fraction of sp³-hybridized carbons (Fsp3) is 0.722. The first-order valence-corrected chi connectivity index (χ1v) is 9.41. The SMILES string of the molecule is CCCN1CCN(c2nc(C)nc3c2NC(=O)C(CC(C)C)N3)CC1. The van der Waals surface area contributed by atoms with Crippen LogP contribution in [0.4, 0.5) is 17.3 Å². The molecule has 2 aliphatic heterocycles. The number of carbonyl (C=O) groups is 1. The maximum absolute atomic E-state index is 12.5. The average Bonchev–Trinajstić information content (AvgIpc) is 2.56. The van der Waals surface area contributed by atoms with Crippen molar-refractivity contribution in [2.45, 2.75) is 46.6 Å². The Morgan fingerprint density at radius 1 is 1.20 bits per heavy atom. The van der Waals surface area contributed by atoms with E-state index < -0.39 is 0 Å². The molecule has 1 aromatic rings. The standard InChI is InChI=1S/C18H30N6O/c1-5-6-23-7-9-24(10-8-23)17-15-16(19-13(4)20-17)21-14(11-12(2)3)18(25)22-15/h12,14H,5-11H2,1-4H3,(H,22,25)(H,19,20,21). The molecule has 0 saturated carbocycles. The second-order valence-corrected chi connectivity index (χ2v) is 7.46. The van der Waals surface area contributed by atoms with Gasteiger partial charge in [0.25, 0.3) is 0 Å². The number of amides is 1. The van der Waals surface area contributed by atoms with Crippen LogP contribution in [0.3, 0.4) is 0 Å². The van der Waals surface area contributed by atoms with Crippen LogP contribution in [0.15, 0.2) is 0 Å². The highest BCUT2D eigenvalue weighted by Gasteiger charge is 2.31. The van der Waals surface area contributed by atoms with Gasteiger partial charge >= 0.3 is 0 Å². The van der Waals surface area contributed by atoms with E-state index in [1.807, 2.05) is 6.92 Å². The number of carbonyl (C=O) groups excluding carboxylic acids is 1. The largest absolute Gasteiger partial charge is 0.356 e. The molecular formula is C18H30N6O. The fourth-order valence-corrected chi connectivity index (χ4v) is 3.58. The highest BCUT2D eigenvalue weighted by molar-refractivity contribution is 6.05. The number of nitrogens with one attached hydrogen (secondary N) is 2. The minimum Gasteiger partial charge on any atom is -0.356 e. The number of aryl methyl sites for hydroxylation is 1. The van der Waals surface area contributed by atoms with Gasteiger partial charge in [0, 0.05) is 26.2 Å². The van der Waals surface area contributed by atoms with E-state index in [2.05, 4.69) is 51.2 Å². The van der Waals surface area contributed by atoms with Crippen LogP contribution in [-0.4, -0.2) is 59.5 Å². The number of aromatic nitrogens is 2. The Morgan fingerprint density at radius 3 is 2.56 bits per heavy atom. The molecule has 25 heavy (non-hydrogen) atoms. The zero-order valence-electron chi connectivity index (χ0n) is 15.8. The highest BCUT2D eigenvalue weighted by Crippen LogP contribution is 2.35. The summed E-state index contributed by atoms with van der Waals surface area (Å²) in [4.78, 5) is 26.4. The van der Waals surface area contributed by atoms with Gasteiger partial charge in [0.1, 0.15) is 17.6 Å². The summed E-state index contributed by atoms with van der Waals surface area (Å²) in [6, 6.07) is -0.226. The summed E-state index contributed by atoms with van der Waals surface area (Å²) in [7, 11) is 0. The van der Waals surface area contributed by atoms with Gasteiger partial charge in [0.05, 0.1) is 0 Å².